The SMILES string of the molecule is CC(C)(OC(=O)COc1ccc(C#CC(O)O)cc1)C1CCCC1. The van der Waals surface area contributed by atoms with Gasteiger partial charge in [0.2, 0.25) is 6.29 Å². The van der Waals surface area contributed by atoms with Crippen LogP contribution in [0.25, 0.3) is 0 Å². The molecular formula is C19H24O5. The van der Waals surface area contributed by atoms with Gasteiger partial charge in [0, 0.05) is 5.56 Å². The van der Waals surface area contributed by atoms with Crippen molar-refractivity contribution in [3.63, 3.8) is 0 Å². The molecule has 0 aromatic heterocycles. The van der Waals surface area contributed by atoms with Crippen LogP contribution in [-0.4, -0.2) is 34.7 Å². The molecule has 0 heterocycles. The summed E-state index contributed by atoms with van der Waals surface area (Å²) in [5.74, 6) is 5.40. The number of aliphatic hydroxyl groups excluding tert-OH is 1. The summed E-state index contributed by atoms with van der Waals surface area (Å²) in [4.78, 5) is 12.0. The van der Waals surface area contributed by atoms with Crippen LogP contribution in [0.15, 0.2) is 24.3 Å². The number of rotatable bonds is 5. The Morgan fingerprint density at radius 2 is 1.88 bits per heavy atom. The highest BCUT2D eigenvalue weighted by Crippen LogP contribution is 2.36. The Labute approximate surface area is 142 Å². The number of ether oxygens (including phenoxy) is 2. The Balaban J connectivity index is 1.82. The minimum Gasteiger partial charge on any atom is -0.482 e. The Morgan fingerprint density at radius 1 is 1.25 bits per heavy atom. The van der Waals surface area contributed by atoms with Gasteiger partial charge in [0.1, 0.15) is 11.4 Å². The van der Waals surface area contributed by atoms with Gasteiger partial charge in [-0.2, -0.15) is 0 Å². The molecule has 2 rings (SSSR count). The number of hydrogen-bond donors (Lipinski definition) is 2. The molecule has 24 heavy (non-hydrogen) atoms. The summed E-state index contributed by atoms with van der Waals surface area (Å²) in [6.45, 7) is 3.78. The highest BCUT2D eigenvalue weighted by molar-refractivity contribution is 5.71. The van der Waals surface area contributed by atoms with Crippen molar-refractivity contribution in [2.75, 3.05) is 6.61 Å². The quantitative estimate of drug-likeness (QED) is 0.491. The van der Waals surface area contributed by atoms with Crippen molar-refractivity contribution in [2.45, 2.75) is 51.4 Å². The van der Waals surface area contributed by atoms with Crippen molar-refractivity contribution >= 4 is 5.97 Å². The lowest BCUT2D eigenvalue weighted by Crippen LogP contribution is -2.37. The van der Waals surface area contributed by atoms with Crippen LogP contribution in [0.2, 0.25) is 0 Å². The molecular weight excluding hydrogens is 308 g/mol. The summed E-state index contributed by atoms with van der Waals surface area (Å²) in [5.41, 5.74) is 0.169. The molecule has 0 bridgehead atoms. The molecule has 1 aromatic carbocycles. The number of aliphatic hydroxyl groups is 2. The first-order chi connectivity index (χ1) is 11.4. The van der Waals surface area contributed by atoms with E-state index in [0.29, 0.717) is 17.2 Å². The molecule has 0 saturated heterocycles. The van der Waals surface area contributed by atoms with E-state index in [1.54, 1.807) is 24.3 Å². The standard InChI is InChI=1S/C19H24O5/c1-19(2,15-5-3-4-6-15)24-18(22)13-23-16-10-7-14(8-11-16)9-12-17(20)21/h7-8,10-11,15,17,20-21H,3-6,13H2,1-2H3. The van der Waals surface area contributed by atoms with E-state index in [1.165, 1.54) is 12.8 Å². The van der Waals surface area contributed by atoms with Gasteiger partial charge in [-0.25, -0.2) is 4.79 Å². The molecule has 5 heteroatoms. The molecule has 1 aliphatic carbocycles. The second-order valence-electron chi connectivity index (χ2n) is 6.51. The average Bonchev–Trinajstić information content (AvgIpc) is 3.07. The first-order valence-electron chi connectivity index (χ1n) is 8.19. The first kappa shape index (κ1) is 18.3. The van der Waals surface area contributed by atoms with Crippen molar-refractivity contribution in [1.82, 2.24) is 0 Å². The fourth-order valence-corrected chi connectivity index (χ4v) is 2.95. The Morgan fingerprint density at radius 3 is 2.46 bits per heavy atom. The second-order valence-corrected chi connectivity index (χ2v) is 6.51. The minimum absolute atomic E-state index is 0.142. The summed E-state index contributed by atoms with van der Waals surface area (Å²) < 4.78 is 11.0. The third-order valence-corrected chi connectivity index (χ3v) is 4.27. The van der Waals surface area contributed by atoms with Crippen LogP contribution < -0.4 is 4.74 Å². The van der Waals surface area contributed by atoms with Crippen LogP contribution in [0, 0.1) is 17.8 Å². The summed E-state index contributed by atoms with van der Waals surface area (Å²) >= 11 is 0. The van der Waals surface area contributed by atoms with Crippen LogP contribution in [0.5, 0.6) is 5.75 Å². The Bertz CT molecular complexity index is 601. The van der Waals surface area contributed by atoms with Gasteiger partial charge in [-0.05, 0) is 62.8 Å². The summed E-state index contributed by atoms with van der Waals surface area (Å²) in [7, 11) is 0. The predicted molar refractivity (Wildman–Crippen MR) is 89.2 cm³/mol. The van der Waals surface area contributed by atoms with Crippen LogP contribution in [0.4, 0.5) is 0 Å². The fraction of sp³-hybridized carbons (Fsp3) is 0.526. The lowest BCUT2D eigenvalue weighted by molar-refractivity contribution is -0.163. The maximum Gasteiger partial charge on any atom is 0.344 e. The highest BCUT2D eigenvalue weighted by atomic mass is 16.6. The fourth-order valence-electron chi connectivity index (χ4n) is 2.95. The maximum atomic E-state index is 12.0. The van der Waals surface area contributed by atoms with Gasteiger partial charge in [-0.1, -0.05) is 18.8 Å². The van der Waals surface area contributed by atoms with Crippen molar-refractivity contribution in [3.8, 4) is 17.6 Å². The third-order valence-electron chi connectivity index (χ3n) is 4.27. The molecule has 2 N–H and O–H groups in total. The molecule has 0 atom stereocenters. The van der Waals surface area contributed by atoms with E-state index in [1.807, 2.05) is 13.8 Å². The van der Waals surface area contributed by atoms with Gasteiger partial charge in [-0.15, -0.1) is 0 Å². The van der Waals surface area contributed by atoms with Crippen molar-refractivity contribution in [3.05, 3.63) is 29.8 Å². The van der Waals surface area contributed by atoms with Crippen LogP contribution in [0.3, 0.4) is 0 Å². The zero-order valence-electron chi connectivity index (χ0n) is 14.1. The summed E-state index contributed by atoms with van der Waals surface area (Å²) in [6, 6.07) is 6.70. The number of esters is 1. The van der Waals surface area contributed by atoms with E-state index in [2.05, 4.69) is 11.8 Å². The van der Waals surface area contributed by atoms with Gasteiger partial charge in [-0.3, -0.25) is 0 Å². The second kappa shape index (κ2) is 8.18. The maximum absolute atomic E-state index is 12.0. The van der Waals surface area contributed by atoms with E-state index in [4.69, 9.17) is 19.7 Å². The van der Waals surface area contributed by atoms with Gasteiger partial charge < -0.3 is 19.7 Å². The van der Waals surface area contributed by atoms with E-state index in [-0.39, 0.29) is 12.6 Å². The molecule has 1 aliphatic rings. The van der Waals surface area contributed by atoms with Gasteiger partial charge in [0.25, 0.3) is 0 Å². The van der Waals surface area contributed by atoms with Gasteiger partial charge >= 0.3 is 5.97 Å². The number of carbonyl (C=O) groups excluding carboxylic acids is 1. The molecule has 1 saturated carbocycles. The number of carbonyl (C=O) groups is 1. The first-order valence-corrected chi connectivity index (χ1v) is 8.19. The molecule has 0 unspecified atom stereocenters. The van der Waals surface area contributed by atoms with E-state index in [9.17, 15) is 4.79 Å². The average molecular weight is 332 g/mol. The Hall–Kier alpha value is -2.03. The summed E-state index contributed by atoms with van der Waals surface area (Å²) in [6.07, 6.45) is 2.95. The molecule has 0 aliphatic heterocycles. The van der Waals surface area contributed by atoms with Crippen LogP contribution >= 0.6 is 0 Å². The lowest BCUT2D eigenvalue weighted by Gasteiger charge is -2.31. The summed E-state index contributed by atoms with van der Waals surface area (Å²) in [5, 5.41) is 17.4. The van der Waals surface area contributed by atoms with Crippen molar-refractivity contribution < 1.29 is 24.5 Å². The monoisotopic (exact) mass is 332 g/mol. The van der Waals surface area contributed by atoms with Gasteiger partial charge in [0.05, 0.1) is 0 Å². The highest BCUT2D eigenvalue weighted by Gasteiger charge is 2.35. The minimum atomic E-state index is -1.65. The molecule has 0 amide bonds. The largest absolute Gasteiger partial charge is 0.482 e. The van der Waals surface area contributed by atoms with Crippen molar-refractivity contribution in [1.29, 1.82) is 0 Å². The van der Waals surface area contributed by atoms with Crippen molar-refractivity contribution in [2.24, 2.45) is 5.92 Å². The molecule has 130 valence electrons. The number of benzene rings is 1. The molecule has 1 fully saturated rings. The lowest BCUT2D eigenvalue weighted by atomic mass is 9.89. The normalized spacial score (nSPS) is 15.0. The van der Waals surface area contributed by atoms with Crippen LogP contribution in [-0.2, 0) is 9.53 Å². The molecule has 1 aromatic rings. The number of hydrogen-bond acceptors (Lipinski definition) is 5. The smallest absolute Gasteiger partial charge is 0.344 e. The zero-order valence-corrected chi connectivity index (χ0v) is 14.1. The van der Waals surface area contributed by atoms with E-state index < -0.39 is 11.9 Å². The van der Waals surface area contributed by atoms with Gasteiger partial charge in [0.15, 0.2) is 6.61 Å². The molecule has 0 spiro atoms. The van der Waals surface area contributed by atoms with Crippen LogP contribution in [0.1, 0.15) is 45.1 Å². The Kier molecular flexibility index (Phi) is 6.24. The predicted octanol–water partition coefficient (Wildman–Crippen LogP) is 2.24. The van der Waals surface area contributed by atoms with E-state index >= 15 is 0 Å². The van der Waals surface area contributed by atoms with E-state index in [0.717, 1.165) is 12.8 Å². The molecule has 0 radical (unpaired) electrons. The third kappa shape index (κ3) is 5.55. The zero-order chi connectivity index (χ0) is 17.6. The topological polar surface area (TPSA) is 76.0 Å². The molecule has 5 nitrogen and oxygen atoms in total.